The van der Waals surface area contributed by atoms with E-state index < -0.39 is 11.9 Å². The number of rotatable bonds is 5. The third-order valence-corrected chi connectivity index (χ3v) is 2.74. The number of halogens is 2. The van der Waals surface area contributed by atoms with Crippen LogP contribution < -0.4 is 5.32 Å². The summed E-state index contributed by atoms with van der Waals surface area (Å²) in [5, 5.41) is 10.8. The van der Waals surface area contributed by atoms with Gasteiger partial charge < -0.3 is 10.4 Å². The van der Waals surface area contributed by atoms with Crippen LogP contribution in [0.25, 0.3) is 6.08 Å². The monoisotopic (exact) mass is 301 g/mol. The number of benzene rings is 1. The van der Waals surface area contributed by atoms with Gasteiger partial charge in [-0.05, 0) is 24.1 Å². The van der Waals surface area contributed by atoms with Crippen molar-refractivity contribution in [2.75, 3.05) is 6.54 Å². The maximum Gasteiger partial charge on any atom is 0.322 e. The minimum atomic E-state index is -1.07. The number of aliphatic carboxylic acids is 1. The van der Waals surface area contributed by atoms with Gasteiger partial charge in [-0.2, -0.15) is 0 Å². The van der Waals surface area contributed by atoms with Crippen molar-refractivity contribution in [3.05, 3.63) is 39.9 Å². The lowest BCUT2D eigenvalue weighted by atomic mass is 9.99. The van der Waals surface area contributed by atoms with Gasteiger partial charge in [0.2, 0.25) is 5.91 Å². The number of carbonyl (C=O) groups is 2. The molecule has 0 radical (unpaired) electrons. The highest BCUT2D eigenvalue weighted by Crippen LogP contribution is 2.19. The number of carboxylic acids is 1. The number of hydrogen-bond donors (Lipinski definition) is 2. The molecule has 0 saturated carbocycles. The molecule has 1 atom stereocenters. The molecule has 1 rings (SSSR count). The van der Waals surface area contributed by atoms with Gasteiger partial charge in [0.05, 0.1) is 5.92 Å². The Morgan fingerprint density at radius 3 is 2.37 bits per heavy atom. The second kappa shape index (κ2) is 7.16. The fraction of sp³-hybridized carbons (Fsp3) is 0.231. The average Bonchev–Trinajstić information content (AvgIpc) is 2.35. The quantitative estimate of drug-likeness (QED) is 0.879. The summed E-state index contributed by atoms with van der Waals surface area (Å²) < 4.78 is 0.153. The van der Waals surface area contributed by atoms with Crippen LogP contribution in [0, 0.1) is 0 Å². The van der Waals surface area contributed by atoms with E-state index in [1.165, 1.54) is 0 Å². The van der Waals surface area contributed by atoms with Gasteiger partial charge in [-0.15, -0.1) is 0 Å². The molecule has 2 N–H and O–H groups in total. The Morgan fingerprint density at radius 2 is 1.89 bits per heavy atom. The summed E-state index contributed by atoms with van der Waals surface area (Å²) in [6.07, 6.45) is 1.59. The molecule has 4 nitrogen and oxygen atoms in total. The molecular formula is C13H13Cl2NO3. The van der Waals surface area contributed by atoms with E-state index in [4.69, 9.17) is 28.3 Å². The molecule has 0 spiro atoms. The van der Waals surface area contributed by atoms with E-state index in [1.807, 2.05) is 0 Å². The van der Waals surface area contributed by atoms with Crippen LogP contribution >= 0.6 is 23.2 Å². The third-order valence-electron chi connectivity index (χ3n) is 2.52. The van der Waals surface area contributed by atoms with Crippen molar-refractivity contribution in [1.82, 2.24) is 5.32 Å². The molecule has 1 aromatic carbocycles. The fourth-order valence-electron chi connectivity index (χ4n) is 1.47. The van der Waals surface area contributed by atoms with Crippen LogP contribution in [0.15, 0.2) is 28.8 Å². The van der Waals surface area contributed by atoms with Crippen LogP contribution in [0.5, 0.6) is 0 Å². The Bertz CT molecular complexity index is 493. The Balaban J connectivity index is 2.72. The van der Waals surface area contributed by atoms with Crippen molar-refractivity contribution in [3.8, 4) is 0 Å². The Morgan fingerprint density at radius 1 is 1.32 bits per heavy atom. The molecule has 1 amide bonds. The zero-order chi connectivity index (χ0) is 14.4. The summed E-state index contributed by atoms with van der Waals surface area (Å²) >= 11 is 11.1. The summed E-state index contributed by atoms with van der Waals surface area (Å²) in [6.45, 7) is 1.32. The van der Waals surface area contributed by atoms with Gasteiger partial charge in [-0.25, -0.2) is 0 Å². The van der Waals surface area contributed by atoms with E-state index in [9.17, 15) is 9.59 Å². The first-order valence-corrected chi connectivity index (χ1v) is 6.28. The normalized spacial score (nSPS) is 11.5. The summed E-state index contributed by atoms with van der Waals surface area (Å²) in [5.74, 6) is -1.83. The lowest BCUT2D eigenvalue weighted by Gasteiger charge is -2.11. The van der Waals surface area contributed by atoms with E-state index in [1.54, 1.807) is 37.3 Å². The molecule has 1 aromatic rings. The highest BCUT2D eigenvalue weighted by atomic mass is 35.5. The van der Waals surface area contributed by atoms with E-state index in [2.05, 4.69) is 5.32 Å². The van der Waals surface area contributed by atoms with Crippen LogP contribution in [0.3, 0.4) is 0 Å². The molecular weight excluding hydrogens is 289 g/mol. The second-order valence-electron chi connectivity index (χ2n) is 3.93. The van der Waals surface area contributed by atoms with Gasteiger partial charge in [0.25, 0.3) is 0 Å². The van der Waals surface area contributed by atoms with E-state index in [-0.39, 0.29) is 16.9 Å². The maximum absolute atomic E-state index is 11.7. The summed E-state index contributed by atoms with van der Waals surface area (Å²) in [4.78, 5) is 22.0. The first-order chi connectivity index (χ1) is 8.90. The number of amides is 1. The fourth-order valence-corrected chi connectivity index (χ4v) is 1.73. The molecule has 0 aliphatic carbocycles. The standard InChI is InChI=1S/C13H13Cl2NO3/c1-8(13(19)16-7-12(17)18)10-4-2-9(3-5-10)6-11(14)15/h2-6,8H,7H2,1H3,(H,16,19)(H,17,18). The molecule has 0 aromatic heterocycles. The first kappa shape index (κ1) is 15.5. The van der Waals surface area contributed by atoms with Crippen molar-refractivity contribution in [1.29, 1.82) is 0 Å². The van der Waals surface area contributed by atoms with Crippen LogP contribution in [-0.4, -0.2) is 23.5 Å². The van der Waals surface area contributed by atoms with Crippen LogP contribution in [0.4, 0.5) is 0 Å². The summed E-state index contributed by atoms with van der Waals surface area (Å²) in [7, 11) is 0. The molecule has 102 valence electrons. The van der Waals surface area contributed by atoms with Gasteiger partial charge in [0, 0.05) is 0 Å². The Kier molecular flexibility index (Phi) is 5.86. The molecule has 0 heterocycles. The van der Waals surface area contributed by atoms with Gasteiger partial charge in [-0.1, -0.05) is 47.5 Å². The SMILES string of the molecule is CC(C(=O)NCC(=O)O)c1ccc(C=C(Cl)Cl)cc1. The predicted octanol–water partition coefficient (Wildman–Crippen LogP) is 2.77. The minimum Gasteiger partial charge on any atom is -0.480 e. The van der Waals surface area contributed by atoms with Gasteiger partial charge in [0.1, 0.15) is 11.0 Å². The van der Waals surface area contributed by atoms with Gasteiger partial charge in [-0.3, -0.25) is 9.59 Å². The molecule has 19 heavy (non-hydrogen) atoms. The molecule has 0 bridgehead atoms. The second-order valence-corrected chi connectivity index (χ2v) is 4.94. The smallest absolute Gasteiger partial charge is 0.322 e. The number of carboxylic acid groups (broad SMARTS) is 1. The third kappa shape index (κ3) is 5.32. The minimum absolute atomic E-state index is 0.153. The Labute approximate surface area is 121 Å². The van der Waals surface area contributed by atoms with E-state index >= 15 is 0 Å². The molecule has 1 unspecified atom stereocenters. The van der Waals surface area contributed by atoms with Crippen LogP contribution in [-0.2, 0) is 9.59 Å². The van der Waals surface area contributed by atoms with Crippen LogP contribution in [0.2, 0.25) is 0 Å². The number of hydrogen-bond acceptors (Lipinski definition) is 2. The molecule has 0 aliphatic rings. The predicted molar refractivity (Wildman–Crippen MR) is 75.2 cm³/mol. The zero-order valence-electron chi connectivity index (χ0n) is 10.2. The van der Waals surface area contributed by atoms with Crippen molar-refractivity contribution in [2.45, 2.75) is 12.8 Å². The van der Waals surface area contributed by atoms with Gasteiger partial charge >= 0.3 is 5.97 Å². The summed E-state index contributed by atoms with van der Waals surface area (Å²) in [5.41, 5.74) is 1.60. The average molecular weight is 302 g/mol. The lowest BCUT2D eigenvalue weighted by Crippen LogP contribution is -2.32. The number of nitrogens with one attached hydrogen (secondary N) is 1. The van der Waals surface area contributed by atoms with Crippen molar-refractivity contribution < 1.29 is 14.7 Å². The van der Waals surface area contributed by atoms with Crippen molar-refractivity contribution in [2.24, 2.45) is 0 Å². The topological polar surface area (TPSA) is 66.4 Å². The Hall–Kier alpha value is -1.52. The summed E-state index contributed by atoms with van der Waals surface area (Å²) in [6, 6.07) is 7.10. The lowest BCUT2D eigenvalue weighted by molar-refractivity contribution is -0.138. The highest BCUT2D eigenvalue weighted by molar-refractivity contribution is 6.57. The largest absolute Gasteiger partial charge is 0.480 e. The van der Waals surface area contributed by atoms with Crippen molar-refractivity contribution >= 4 is 41.2 Å². The van der Waals surface area contributed by atoms with E-state index in [0.29, 0.717) is 0 Å². The molecule has 0 aliphatic heterocycles. The molecule has 0 saturated heterocycles. The number of carbonyl (C=O) groups excluding carboxylic acids is 1. The highest BCUT2D eigenvalue weighted by Gasteiger charge is 2.15. The maximum atomic E-state index is 11.7. The van der Waals surface area contributed by atoms with Crippen LogP contribution in [0.1, 0.15) is 24.0 Å². The molecule has 6 heteroatoms. The zero-order valence-corrected chi connectivity index (χ0v) is 11.7. The van der Waals surface area contributed by atoms with Gasteiger partial charge in [0.15, 0.2) is 0 Å². The first-order valence-electron chi connectivity index (χ1n) is 5.52. The molecule has 0 fully saturated rings. The van der Waals surface area contributed by atoms with Crippen molar-refractivity contribution in [3.63, 3.8) is 0 Å². The van der Waals surface area contributed by atoms with E-state index in [0.717, 1.165) is 11.1 Å².